The van der Waals surface area contributed by atoms with Gasteiger partial charge in [0.25, 0.3) is 5.91 Å². The lowest BCUT2D eigenvalue weighted by Gasteiger charge is -2.28. The molecule has 21 heavy (non-hydrogen) atoms. The fraction of sp³-hybridized carbons (Fsp3) is 0.286. The van der Waals surface area contributed by atoms with Crippen LogP contribution in [0.3, 0.4) is 0 Å². The quantitative estimate of drug-likeness (QED) is 0.833. The van der Waals surface area contributed by atoms with Crippen molar-refractivity contribution in [2.75, 3.05) is 7.05 Å². The van der Waals surface area contributed by atoms with E-state index in [1.54, 1.807) is 16.7 Å². The second kappa shape index (κ2) is 4.69. The van der Waals surface area contributed by atoms with Gasteiger partial charge >= 0.3 is 5.97 Å². The minimum Gasteiger partial charge on any atom is -0.478 e. The van der Waals surface area contributed by atoms with Gasteiger partial charge in [0.05, 0.1) is 17.4 Å². The number of rotatable bonds is 2. The van der Waals surface area contributed by atoms with Crippen molar-refractivity contribution in [3.8, 4) is 0 Å². The number of hydrogen-bond acceptors (Lipinski definition) is 4. The zero-order chi connectivity index (χ0) is 15.1. The number of imide groups is 1. The minimum absolute atomic E-state index is 0.0962. The number of likely N-dealkylation sites (N-methyl/N-ethyl adjacent to an activating group) is 1. The first-order valence-corrected chi connectivity index (χ1v) is 6.50. The zero-order valence-electron chi connectivity index (χ0n) is 11.3. The van der Waals surface area contributed by atoms with Crippen molar-refractivity contribution in [1.82, 2.24) is 14.5 Å². The molecule has 0 aliphatic carbocycles. The Bertz CT molecular complexity index is 765. The minimum atomic E-state index is -1.06. The predicted octanol–water partition coefficient (Wildman–Crippen LogP) is 1.05. The van der Waals surface area contributed by atoms with Crippen LogP contribution in [0.4, 0.5) is 0 Å². The molecular weight excluding hydrogens is 274 g/mol. The number of piperidine rings is 1. The SMILES string of the molecule is CN1C(=O)CCC(n2cnc3c(C(=O)O)cccc32)C1=O. The maximum Gasteiger partial charge on any atom is 0.337 e. The first-order valence-electron chi connectivity index (χ1n) is 6.50. The standard InChI is InChI=1S/C14H13N3O4/c1-16-11(18)6-5-10(13(16)19)17-7-15-12-8(14(20)21)3-2-4-9(12)17/h2-4,7,10H,5-6H2,1H3,(H,20,21). The number of carbonyl (C=O) groups is 3. The number of carbonyl (C=O) groups excluding carboxylic acids is 2. The molecule has 2 heterocycles. The molecule has 1 N–H and O–H groups in total. The van der Waals surface area contributed by atoms with Gasteiger partial charge in [-0.15, -0.1) is 0 Å². The van der Waals surface area contributed by atoms with Crippen LogP contribution in [0.25, 0.3) is 11.0 Å². The van der Waals surface area contributed by atoms with Crippen molar-refractivity contribution < 1.29 is 19.5 Å². The normalized spacial score (nSPS) is 19.3. The molecule has 1 saturated heterocycles. The highest BCUT2D eigenvalue weighted by molar-refractivity contribution is 6.02. The van der Waals surface area contributed by atoms with Crippen LogP contribution in [0.5, 0.6) is 0 Å². The van der Waals surface area contributed by atoms with E-state index < -0.39 is 12.0 Å². The first-order chi connectivity index (χ1) is 10.0. The van der Waals surface area contributed by atoms with Crippen molar-refractivity contribution in [3.63, 3.8) is 0 Å². The van der Waals surface area contributed by atoms with E-state index >= 15 is 0 Å². The topological polar surface area (TPSA) is 92.5 Å². The highest BCUT2D eigenvalue weighted by atomic mass is 16.4. The molecular formula is C14H13N3O4. The number of imidazole rings is 1. The van der Waals surface area contributed by atoms with E-state index in [1.165, 1.54) is 19.4 Å². The number of nitrogens with zero attached hydrogens (tertiary/aromatic N) is 3. The Kier molecular flexibility index (Phi) is 2.97. The van der Waals surface area contributed by atoms with Gasteiger partial charge in [-0.05, 0) is 18.6 Å². The summed E-state index contributed by atoms with van der Waals surface area (Å²) in [5.41, 5.74) is 1.02. The number of fused-ring (bicyclic) bond motifs is 1. The first kappa shape index (κ1) is 13.3. The summed E-state index contributed by atoms with van der Waals surface area (Å²) in [7, 11) is 1.46. The van der Waals surface area contributed by atoms with E-state index in [-0.39, 0.29) is 23.8 Å². The van der Waals surface area contributed by atoms with Crippen LogP contribution in [0.15, 0.2) is 24.5 Å². The summed E-state index contributed by atoms with van der Waals surface area (Å²) in [6, 6.07) is 4.28. The highest BCUT2D eigenvalue weighted by Gasteiger charge is 2.33. The molecule has 1 unspecified atom stereocenters. The summed E-state index contributed by atoms with van der Waals surface area (Å²) >= 11 is 0. The van der Waals surface area contributed by atoms with Crippen molar-refractivity contribution in [3.05, 3.63) is 30.1 Å². The predicted molar refractivity (Wildman–Crippen MR) is 72.7 cm³/mol. The van der Waals surface area contributed by atoms with Gasteiger partial charge in [-0.2, -0.15) is 0 Å². The van der Waals surface area contributed by atoms with E-state index in [0.29, 0.717) is 17.5 Å². The Morgan fingerprint density at radius 2 is 2.14 bits per heavy atom. The number of carboxylic acids is 1. The Labute approximate surface area is 119 Å². The van der Waals surface area contributed by atoms with Crippen LogP contribution >= 0.6 is 0 Å². The molecule has 0 radical (unpaired) electrons. The maximum atomic E-state index is 12.2. The third kappa shape index (κ3) is 1.97. The molecule has 2 aromatic rings. The van der Waals surface area contributed by atoms with E-state index in [1.807, 2.05) is 0 Å². The number of aromatic carboxylic acids is 1. The summed E-state index contributed by atoms with van der Waals surface area (Å²) in [4.78, 5) is 40.2. The van der Waals surface area contributed by atoms with Crippen LogP contribution in [0, 0.1) is 0 Å². The Morgan fingerprint density at radius 1 is 1.38 bits per heavy atom. The number of hydrogen-bond donors (Lipinski definition) is 1. The molecule has 2 amide bonds. The van der Waals surface area contributed by atoms with Crippen LogP contribution in [0.1, 0.15) is 29.2 Å². The van der Waals surface area contributed by atoms with Crippen LogP contribution < -0.4 is 0 Å². The molecule has 1 aliphatic heterocycles. The maximum absolute atomic E-state index is 12.2. The van der Waals surface area contributed by atoms with Crippen LogP contribution in [-0.2, 0) is 9.59 Å². The van der Waals surface area contributed by atoms with E-state index in [4.69, 9.17) is 5.11 Å². The van der Waals surface area contributed by atoms with Gasteiger partial charge in [0, 0.05) is 13.5 Å². The van der Waals surface area contributed by atoms with Crippen molar-refractivity contribution in [1.29, 1.82) is 0 Å². The molecule has 1 fully saturated rings. The van der Waals surface area contributed by atoms with Gasteiger partial charge in [-0.25, -0.2) is 9.78 Å². The smallest absolute Gasteiger partial charge is 0.337 e. The molecule has 1 aromatic carbocycles. The summed E-state index contributed by atoms with van der Waals surface area (Å²) in [6.45, 7) is 0. The average Bonchev–Trinajstić information content (AvgIpc) is 2.88. The fourth-order valence-corrected chi connectivity index (χ4v) is 2.63. The van der Waals surface area contributed by atoms with Gasteiger partial charge < -0.3 is 9.67 Å². The van der Waals surface area contributed by atoms with Gasteiger partial charge in [0.2, 0.25) is 5.91 Å². The van der Waals surface area contributed by atoms with Gasteiger partial charge in [-0.1, -0.05) is 6.07 Å². The summed E-state index contributed by atoms with van der Waals surface area (Å²) in [5, 5.41) is 9.16. The second-order valence-corrected chi connectivity index (χ2v) is 4.98. The largest absolute Gasteiger partial charge is 0.478 e. The lowest BCUT2D eigenvalue weighted by molar-refractivity contribution is -0.149. The average molecular weight is 287 g/mol. The summed E-state index contributed by atoms with van der Waals surface area (Å²) in [6.07, 6.45) is 2.14. The van der Waals surface area contributed by atoms with E-state index in [9.17, 15) is 14.4 Å². The fourth-order valence-electron chi connectivity index (χ4n) is 2.63. The van der Waals surface area contributed by atoms with Crippen molar-refractivity contribution in [2.45, 2.75) is 18.9 Å². The highest BCUT2D eigenvalue weighted by Crippen LogP contribution is 2.27. The number of aromatic nitrogens is 2. The molecule has 1 aromatic heterocycles. The summed E-state index contributed by atoms with van der Waals surface area (Å²) < 4.78 is 1.65. The molecule has 0 saturated carbocycles. The van der Waals surface area contributed by atoms with Crippen LogP contribution in [-0.4, -0.2) is 44.4 Å². The number of carboxylic acid groups (broad SMARTS) is 1. The Balaban J connectivity index is 2.10. The molecule has 108 valence electrons. The Hall–Kier alpha value is -2.70. The molecule has 1 atom stereocenters. The molecule has 0 bridgehead atoms. The Morgan fingerprint density at radius 3 is 2.86 bits per heavy atom. The van der Waals surface area contributed by atoms with Gasteiger partial charge in [0.1, 0.15) is 11.6 Å². The lowest BCUT2D eigenvalue weighted by Crippen LogP contribution is -2.43. The molecule has 1 aliphatic rings. The molecule has 7 heteroatoms. The zero-order valence-corrected chi connectivity index (χ0v) is 11.3. The van der Waals surface area contributed by atoms with Crippen LogP contribution in [0.2, 0.25) is 0 Å². The third-order valence-corrected chi connectivity index (χ3v) is 3.79. The van der Waals surface area contributed by atoms with Gasteiger partial charge in [-0.3, -0.25) is 14.5 Å². The second-order valence-electron chi connectivity index (χ2n) is 4.98. The lowest BCUT2D eigenvalue weighted by atomic mass is 10.0. The number of para-hydroxylation sites is 1. The third-order valence-electron chi connectivity index (χ3n) is 3.79. The molecule has 7 nitrogen and oxygen atoms in total. The van der Waals surface area contributed by atoms with Gasteiger partial charge in [0.15, 0.2) is 0 Å². The van der Waals surface area contributed by atoms with Crippen molar-refractivity contribution in [2.24, 2.45) is 0 Å². The molecule has 3 rings (SSSR count). The number of amides is 2. The molecule has 0 spiro atoms. The van der Waals surface area contributed by atoms with E-state index in [0.717, 1.165) is 4.90 Å². The summed E-state index contributed by atoms with van der Waals surface area (Å²) in [5.74, 6) is -1.56. The van der Waals surface area contributed by atoms with E-state index in [2.05, 4.69) is 4.98 Å². The monoisotopic (exact) mass is 287 g/mol. The number of benzene rings is 1. The number of likely N-dealkylation sites (tertiary alicyclic amines) is 1. The van der Waals surface area contributed by atoms with Crippen molar-refractivity contribution >= 4 is 28.8 Å².